The van der Waals surface area contributed by atoms with Crippen molar-refractivity contribution in [1.82, 2.24) is 9.21 Å². The van der Waals surface area contributed by atoms with Gasteiger partial charge in [0.15, 0.2) is 0 Å². The monoisotopic (exact) mass is 414 g/mol. The number of carbonyl (C=O) groups excluding carboxylic acids is 1. The maximum absolute atomic E-state index is 12.3. The number of nitriles is 1. The van der Waals surface area contributed by atoms with Crippen LogP contribution in [0.1, 0.15) is 0 Å². The summed E-state index contributed by atoms with van der Waals surface area (Å²) < 4.78 is 55.6. The number of rotatable bonds is 5. The van der Waals surface area contributed by atoms with Crippen molar-refractivity contribution in [1.29, 1.82) is 5.26 Å². The predicted molar refractivity (Wildman–Crippen MR) is 96.6 cm³/mol. The fraction of sp³-hybridized carbons (Fsp3) is 0.333. The van der Waals surface area contributed by atoms with Gasteiger partial charge >= 0.3 is 0 Å². The van der Waals surface area contributed by atoms with Crippen LogP contribution in [0.2, 0.25) is 0 Å². The summed E-state index contributed by atoms with van der Waals surface area (Å²) in [6, 6.07) is 6.73. The summed E-state index contributed by atoms with van der Waals surface area (Å²) in [5, 5.41) is 11.6. The third kappa shape index (κ3) is 5.76. The van der Waals surface area contributed by atoms with Gasteiger partial charge in [-0.05, 0) is 18.2 Å². The molecule has 0 spiro atoms. The minimum Gasteiger partial charge on any atom is -0.373 e. The number of amides is 1. The second kappa shape index (κ2) is 8.05. The Bertz CT molecular complexity index is 1000. The summed E-state index contributed by atoms with van der Waals surface area (Å²) in [5.41, 5.74) is -0.127. The van der Waals surface area contributed by atoms with Crippen LogP contribution in [0.25, 0.3) is 0 Å². The summed E-state index contributed by atoms with van der Waals surface area (Å²) in [6.45, 7) is 1.13. The number of piperazine rings is 1. The minimum absolute atomic E-state index is 0.0955. The van der Waals surface area contributed by atoms with E-state index in [1.807, 2.05) is 0 Å². The fourth-order valence-electron chi connectivity index (χ4n) is 2.42. The molecule has 0 aliphatic carbocycles. The van der Waals surface area contributed by atoms with E-state index >= 15 is 0 Å². The fourth-order valence-corrected chi connectivity index (χ4v) is 3.77. The van der Waals surface area contributed by atoms with Gasteiger partial charge in [-0.2, -0.15) is 18.0 Å². The zero-order valence-corrected chi connectivity index (χ0v) is 16.0. The molecule has 1 amide bonds. The highest BCUT2D eigenvalue weighted by Crippen LogP contribution is 2.16. The molecule has 0 unspecified atom stereocenters. The van der Waals surface area contributed by atoms with Crippen molar-refractivity contribution >= 4 is 31.7 Å². The van der Waals surface area contributed by atoms with Crippen molar-refractivity contribution < 1.29 is 26.2 Å². The van der Waals surface area contributed by atoms with Crippen LogP contribution in [0, 0.1) is 11.3 Å². The second-order valence-electron chi connectivity index (χ2n) is 5.81. The number of hydrogen-bond donors (Lipinski definition) is 2. The number of anilines is 1. The van der Waals surface area contributed by atoms with E-state index in [1.165, 1.54) is 22.6 Å². The number of carbonyl (C=O) groups is 1. The Morgan fingerprint density at radius 3 is 2.37 bits per heavy atom. The molecule has 1 aliphatic rings. The van der Waals surface area contributed by atoms with Crippen LogP contribution in [0.5, 0.6) is 0 Å². The molecule has 146 valence electrons. The largest absolute Gasteiger partial charge is 0.373 e. The molecule has 1 aliphatic heterocycles. The molecule has 0 saturated carbocycles. The van der Waals surface area contributed by atoms with Crippen LogP contribution in [0.3, 0.4) is 0 Å². The van der Waals surface area contributed by atoms with Crippen LogP contribution in [-0.4, -0.2) is 68.9 Å². The van der Waals surface area contributed by atoms with E-state index in [-0.39, 0.29) is 29.2 Å². The van der Waals surface area contributed by atoms with Gasteiger partial charge in [-0.3, -0.25) is 9.35 Å². The molecule has 12 heteroatoms. The van der Waals surface area contributed by atoms with Crippen LogP contribution in [-0.2, 0) is 24.9 Å². The highest BCUT2D eigenvalue weighted by atomic mass is 32.2. The van der Waals surface area contributed by atoms with Gasteiger partial charge in [0, 0.05) is 38.1 Å². The van der Waals surface area contributed by atoms with E-state index in [0.29, 0.717) is 13.1 Å². The Morgan fingerprint density at radius 1 is 1.22 bits per heavy atom. The third-order valence-corrected chi connectivity index (χ3v) is 5.96. The maximum atomic E-state index is 12.3. The first kappa shape index (κ1) is 20.8. The van der Waals surface area contributed by atoms with Crippen molar-refractivity contribution in [2.75, 3.05) is 37.8 Å². The van der Waals surface area contributed by atoms with Crippen molar-refractivity contribution in [3.63, 3.8) is 0 Å². The van der Waals surface area contributed by atoms with Crippen LogP contribution in [0.4, 0.5) is 5.69 Å². The van der Waals surface area contributed by atoms with E-state index < -0.39 is 26.0 Å². The molecule has 0 aromatic heterocycles. The zero-order chi connectivity index (χ0) is 20.2. The lowest BCUT2D eigenvalue weighted by Gasteiger charge is -2.32. The van der Waals surface area contributed by atoms with Crippen molar-refractivity contribution in [3.8, 4) is 6.07 Å². The second-order valence-corrected chi connectivity index (χ2v) is 9.21. The van der Waals surface area contributed by atoms with Crippen molar-refractivity contribution in [2.24, 2.45) is 0 Å². The van der Waals surface area contributed by atoms with Crippen LogP contribution < -0.4 is 5.32 Å². The van der Waals surface area contributed by atoms with Gasteiger partial charge in [0.05, 0.1) is 11.2 Å². The van der Waals surface area contributed by atoms with Gasteiger partial charge in [-0.1, -0.05) is 6.07 Å². The normalized spacial score (nSPS) is 16.6. The Balaban J connectivity index is 2.09. The first-order chi connectivity index (χ1) is 12.5. The van der Waals surface area contributed by atoms with Gasteiger partial charge in [-0.15, -0.1) is 0 Å². The van der Waals surface area contributed by atoms with Crippen molar-refractivity contribution in [3.05, 3.63) is 36.0 Å². The highest BCUT2D eigenvalue weighted by Gasteiger charge is 2.23. The lowest BCUT2D eigenvalue weighted by molar-refractivity contribution is -0.112. The first-order valence-corrected chi connectivity index (χ1v) is 11.0. The number of nitrogens with zero attached hydrogens (tertiary/aromatic N) is 3. The molecule has 2 rings (SSSR count). The van der Waals surface area contributed by atoms with Gasteiger partial charge in [0.2, 0.25) is 10.0 Å². The lowest BCUT2D eigenvalue weighted by atomic mass is 10.2. The van der Waals surface area contributed by atoms with Crippen LogP contribution >= 0.6 is 0 Å². The Labute approximate surface area is 157 Å². The third-order valence-electron chi connectivity index (χ3n) is 3.81. The van der Waals surface area contributed by atoms with E-state index in [9.17, 15) is 26.9 Å². The van der Waals surface area contributed by atoms with Gasteiger partial charge in [-0.25, -0.2) is 8.42 Å². The summed E-state index contributed by atoms with van der Waals surface area (Å²) in [4.78, 5) is 13.5. The molecule has 0 atom stereocenters. The molecule has 1 aromatic carbocycles. The van der Waals surface area contributed by atoms with Crippen molar-refractivity contribution in [2.45, 2.75) is 4.90 Å². The van der Waals surface area contributed by atoms with Gasteiger partial charge in [0.1, 0.15) is 11.6 Å². The Morgan fingerprint density at radius 2 is 1.85 bits per heavy atom. The molecule has 10 nitrogen and oxygen atoms in total. The van der Waals surface area contributed by atoms with E-state index in [2.05, 4.69) is 5.32 Å². The summed E-state index contributed by atoms with van der Waals surface area (Å²) in [5.74, 6) is -0.754. The predicted octanol–water partition coefficient (Wildman–Crippen LogP) is -0.144. The molecular weight excluding hydrogens is 396 g/mol. The quantitative estimate of drug-likeness (QED) is 0.384. The standard InChI is InChI=1S/C15H18N4O6S2/c1-26(21,22)19-7-5-18(6-8-19)11-12(10-16)15(20)17-13-3-2-4-14(9-13)27(23,24)25/h2-4,9,11H,5-8H2,1H3,(H,17,20)(H,23,24,25)/b12-11-. The molecule has 2 N–H and O–H groups in total. The summed E-state index contributed by atoms with van der Waals surface area (Å²) >= 11 is 0. The molecule has 1 aromatic rings. The van der Waals surface area contributed by atoms with E-state index in [4.69, 9.17) is 4.55 Å². The smallest absolute Gasteiger partial charge is 0.294 e. The molecule has 0 radical (unpaired) electrons. The SMILES string of the molecule is CS(=O)(=O)N1CCN(/C=C(/C#N)C(=O)Nc2cccc(S(=O)(=O)O)c2)CC1. The van der Waals surface area contributed by atoms with E-state index in [0.717, 1.165) is 18.4 Å². The topological polar surface area (TPSA) is 148 Å². The molecule has 1 saturated heterocycles. The van der Waals surface area contributed by atoms with Gasteiger partial charge in [0.25, 0.3) is 16.0 Å². The number of hydrogen-bond acceptors (Lipinski definition) is 7. The number of benzene rings is 1. The molecule has 27 heavy (non-hydrogen) atoms. The first-order valence-electron chi connectivity index (χ1n) is 7.71. The number of sulfonamides is 1. The minimum atomic E-state index is -4.42. The number of nitrogens with one attached hydrogen (secondary N) is 1. The average Bonchev–Trinajstić information content (AvgIpc) is 2.58. The summed E-state index contributed by atoms with van der Waals surface area (Å²) in [6.07, 6.45) is 2.45. The lowest BCUT2D eigenvalue weighted by Crippen LogP contribution is -2.46. The average molecular weight is 414 g/mol. The molecule has 0 bridgehead atoms. The molecule has 1 heterocycles. The Hall–Kier alpha value is -2.46. The molecular formula is C15H18N4O6S2. The summed E-state index contributed by atoms with van der Waals surface area (Å²) in [7, 11) is -7.70. The highest BCUT2D eigenvalue weighted by molar-refractivity contribution is 7.88. The van der Waals surface area contributed by atoms with E-state index in [1.54, 1.807) is 11.0 Å². The zero-order valence-electron chi connectivity index (χ0n) is 14.4. The van der Waals surface area contributed by atoms with Gasteiger partial charge < -0.3 is 10.2 Å². The van der Waals surface area contributed by atoms with Crippen LogP contribution in [0.15, 0.2) is 40.9 Å². The molecule has 1 fully saturated rings. The maximum Gasteiger partial charge on any atom is 0.294 e. The Kier molecular flexibility index (Phi) is 6.22.